The molecular formula is C41H33ClF6N10O3. The Labute approximate surface area is 346 Å². The van der Waals surface area contributed by atoms with Gasteiger partial charge in [0.15, 0.2) is 11.6 Å². The van der Waals surface area contributed by atoms with Crippen LogP contribution in [0.25, 0.3) is 38.9 Å². The molecule has 0 saturated heterocycles. The van der Waals surface area contributed by atoms with Gasteiger partial charge in [0.05, 0.1) is 45.7 Å². The van der Waals surface area contributed by atoms with Gasteiger partial charge in [0.2, 0.25) is 11.8 Å². The number of aromatic nitrogens is 8. The number of benzene rings is 3. The van der Waals surface area contributed by atoms with Crippen molar-refractivity contribution >= 4 is 45.1 Å². The number of ether oxygens (including phenoxy) is 1. The average Bonchev–Trinajstić information content (AvgIpc) is 3.73. The molecule has 314 valence electrons. The van der Waals surface area contributed by atoms with E-state index in [9.17, 15) is 22.4 Å². The quantitative estimate of drug-likeness (QED) is 0.127. The van der Waals surface area contributed by atoms with E-state index in [0.717, 1.165) is 12.1 Å². The van der Waals surface area contributed by atoms with E-state index >= 15 is 13.6 Å². The number of anilines is 1. The van der Waals surface area contributed by atoms with Crippen molar-refractivity contribution in [1.29, 1.82) is 0 Å². The van der Waals surface area contributed by atoms with Crippen LogP contribution >= 0.6 is 11.6 Å². The van der Waals surface area contributed by atoms with Gasteiger partial charge in [-0.05, 0) is 61.2 Å². The van der Waals surface area contributed by atoms with Crippen LogP contribution in [0.1, 0.15) is 58.8 Å². The van der Waals surface area contributed by atoms with E-state index < -0.39 is 77.7 Å². The molecule has 3 aromatic carbocycles. The van der Waals surface area contributed by atoms with E-state index in [1.165, 1.54) is 28.5 Å². The lowest BCUT2D eigenvalue weighted by Gasteiger charge is -2.24. The standard InChI is InChI=1S/C41H33ClF6N10O3/c1-17-9-30(61-4)53-37(50-17)19-5-6-22-26(13-19)52-39(58(40(22)60)28-8-7-25(42)32-34(28)56(3)55-38(32)49-2)27(12-18-10-20(43)14-21(44)11-18)51-29(59)16-57-35-31(33(54-57)36(45)46)23-15-24(23)41(35,47)48/h5-11,13-14,23-24,27,36H,12,15-16H2,1-4H3,(H,49,55)(H,51,59)/t23?,24?,27-/m0/s1. The Morgan fingerprint density at radius 2 is 1.79 bits per heavy atom. The van der Waals surface area contributed by atoms with Gasteiger partial charge in [-0.25, -0.2) is 27.5 Å². The minimum absolute atomic E-state index is 0.0172. The zero-order chi connectivity index (χ0) is 43.2. The Hall–Kier alpha value is -6.50. The fourth-order valence-corrected chi connectivity index (χ4v) is 8.66. The van der Waals surface area contributed by atoms with Crippen LogP contribution in [0.4, 0.5) is 32.2 Å². The molecule has 61 heavy (non-hydrogen) atoms. The van der Waals surface area contributed by atoms with Crippen LogP contribution < -0.4 is 20.9 Å². The number of methoxy groups -OCH3 is 1. The number of aryl methyl sites for hydroxylation is 2. The van der Waals surface area contributed by atoms with Gasteiger partial charge in [-0.3, -0.25) is 23.5 Å². The van der Waals surface area contributed by atoms with Crippen molar-refractivity contribution in [3.63, 3.8) is 0 Å². The van der Waals surface area contributed by atoms with Gasteiger partial charge >= 0.3 is 0 Å². The maximum Gasteiger partial charge on any atom is 0.293 e. The summed E-state index contributed by atoms with van der Waals surface area (Å²) in [4.78, 5) is 43.0. The van der Waals surface area contributed by atoms with Crippen molar-refractivity contribution in [3.8, 4) is 23.0 Å². The summed E-state index contributed by atoms with van der Waals surface area (Å²) in [6.45, 7) is 0.803. The number of carbonyl (C=O) groups is 1. The van der Waals surface area contributed by atoms with E-state index in [1.54, 1.807) is 45.3 Å². The Bertz CT molecular complexity index is 3000. The van der Waals surface area contributed by atoms with Gasteiger partial charge in [-0.15, -0.1) is 0 Å². The molecule has 3 atom stereocenters. The molecular weight excluding hydrogens is 830 g/mol. The second-order valence-corrected chi connectivity index (χ2v) is 15.4. The Morgan fingerprint density at radius 3 is 2.49 bits per heavy atom. The fourth-order valence-electron chi connectivity index (χ4n) is 8.42. The number of rotatable bonds is 11. The molecule has 1 saturated carbocycles. The first-order valence-electron chi connectivity index (χ1n) is 18.9. The first-order valence-corrected chi connectivity index (χ1v) is 19.3. The van der Waals surface area contributed by atoms with Crippen LogP contribution in [0, 0.1) is 24.5 Å². The number of nitrogens with one attached hydrogen (secondary N) is 2. The molecule has 2 N–H and O–H groups in total. The summed E-state index contributed by atoms with van der Waals surface area (Å²) in [5.41, 5.74) is -0.821. The molecule has 20 heteroatoms. The maximum absolute atomic E-state index is 15.5. The molecule has 0 spiro atoms. The first-order chi connectivity index (χ1) is 29.1. The molecule has 2 aliphatic carbocycles. The van der Waals surface area contributed by atoms with Gasteiger partial charge in [0.1, 0.15) is 35.4 Å². The molecule has 1 amide bonds. The molecule has 0 radical (unpaired) electrons. The van der Waals surface area contributed by atoms with Gasteiger partial charge in [-0.2, -0.15) is 24.0 Å². The topological polar surface area (TPSA) is 147 Å². The highest BCUT2D eigenvalue weighted by molar-refractivity contribution is 6.36. The minimum atomic E-state index is -3.52. The summed E-state index contributed by atoms with van der Waals surface area (Å²) in [7, 11) is 4.70. The molecule has 2 unspecified atom stereocenters. The first kappa shape index (κ1) is 39.9. The predicted molar refractivity (Wildman–Crippen MR) is 211 cm³/mol. The molecule has 7 aromatic rings. The number of hydrogen-bond donors (Lipinski definition) is 2. The van der Waals surface area contributed by atoms with Crippen LogP contribution in [0.5, 0.6) is 5.88 Å². The number of halogens is 7. The Balaban J connectivity index is 1.25. The third-order valence-corrected chi connectivity index (χ3v) is 11.4. The zero-order valence-corrected chi connectivity index (χ0v) is 33.3. The van der Waals surface area contributed by atoms with Crippen molar-refractivity contribution in [3.05, 3.63) is 116 Å². The molecule has 0 bridgehead atoms. The van der Waals surface area contributed by atoms with Gasteiger partial charge in [0.25, 0.3) is 17.9 Å². The third kappa shape index (κ3) is 6.70. The lowest BCUT2D eigenvalue weighted by molar-refractivity contribution is -0.123. The highest BCUT2D eigenvalue weighted by Gasteiger charge is 2.67. The number of alkyl halides is 4. The number of nitrogens with zero attached hydrogens (tertiary/aromatic N) is 8. The molecule has 9 rings (SSSR count). The molecule has 0 aliphatic heterocycles. The predicted octanol–water partition coefficient (Wildman–Crippen LogP) is 7.46. The number of carbonyl (C=O) groups excluding carboxylic acids is 1. The molecule has 1 fully saturated rings. The summed E-state index contributed by atoms with van der Waals surface area (Å²) >= 11 is 6.68. The summed E-state index contributed by atoms with van der Waals surface area (Å²) in [6, 6.07) is 10.6. The number of fused-ring (bicyclic) bond motifs is 5. The highest BCUT2D eigenvalue weighted by atomic mass is 35.5. The van der Waals surface area contributed by atoms with E-state index in [2.05, 4.69) is 30.8 Å². The minimum Gasteiger partial charge on any atom is -0.481 e. The number of amides is 1. The van der Waals surface area contributed by atoms with Crippen LogP contribution in [-0.4, -0.2) is 59.1 Å². The van der Waals surface area contributed by atoms with E-state index in [0.29, 0.717) is 38.7 Å². The molecule has 4 heterocycles. The lowest BCUT2D eigenvalue weighted by atomic mass is 10.0. The van der Waals surface area contributed by atoms with Gasteiger partial charge in [-0.1, -0.05) is 17.7 Å². The SMILES string of the molecule is CNc1nn(C)c2c(-n3c([C@H](Cc4cc(F)cc(F)c4)NC(=O)Cn4nc(C(F)F)c5c4C(F)(F)C4CC54)nc4cc(-c5nc(C)cc(OC)n5)ccc4c3=O)ccc(Cl)c12. The second-order valence-electron chi connectivity index (χ2n) is 15.0. The van der Waals surface area contributed by atoms with Crippen molar-refractivity contribution < 1.29 is 35.9 Å². The Kier molecular flexibility index (Phi) is 9.56. The van der Waals surface area contributed by atoms with Crippen molar-refractivity contribution in [2.45, 2.75) is 50.6 Å². The molecule has 2 aliphatic rings. The van der Waals surface area contributed by atoms with E-state index in [4.69, 9.17) is 21.3 Å². The number of hydrogen-bond acceptors (Lipinski definition) is 9. The summed E-state index contributed by atoms with van der Waals surface area (Å²) < 4.78 is 97.4. The largest absolute Gasteiger partial charge is 0.481 e. The fraction of sp³-hybridized carbons (Fsp3) is 0.293. The zero-order valence-electron chi connectivity index (χ0n) is 32.6. The van der Waals surface area contributed by atoms with Gasteiger partial charge < -0.3 is 15.4 Å². The van der Waals surface area contributed by atoms with Crippen LogP contribution in [-0.2, 0) is 30.7 Å². The molecule has 4 aromatic heterocycles. The summed E-state index contributed by atoms with van der Waals surface area (Å²) in [5.74, 6) is -7.67. The smallest absolute Gasteiger partial charge is 0.293 e. The Morgan fingerprint density at radius 1 is 1.03 bits per heavy atom. The van der Waals surface area contributed by atoms with Gasteiger partial charge in [0, 0.05) is 55.4 Å². The van der Waals surface area contributed by atoms with E-state index in [-0.39, 0.29) is 56.7 Å². The van der Waals surface area contributed by atoms with Crippen molar-refractivity contribution in [2.24, 2.45) is 13.0 Å². The van der Waals surface area contributed by atoms with Crippen LogP contribution in [0.2, 0.25) is 5.02 Å². The van der Waals surface area contributed by atoms with Crippen LogP contribution in [0.15, 0.2) is 59.4 Å². The molecule has 13 nitrogen and oxygen atoms in total. The summed E-state index contributed by atoms with van der Waals surface area (Å²) in [6.07, 6.45) is -3.56. The van der Waals surface area contributed by atoms with Crippen molar-refractivity contribution in [2.75, 3.05) is 19.5 Å². The van der Waals surface area contributed by atoms with Crippen molar-refractivity contribution in [1.82, 2.24) is 44.4 Å². The second kappa shape index (κ2) is 14.6. The highest BCUT2D eigenvalue weighted by Crippen LogP contribution is 2.68. The maximum atomic E-state index is 15.5. The lowest BCUT2D eigenvalue weighted by Crippen LogP contribution is -2.38. The van der Waals surface area contributed by atoms with Crippen LogP contribution in [0.3, 0.4) is 0 Å². The summed E-state index contributed by atoms with van der Waals surface area (Å²) in [5, 5.41) is 14.8. The average molecular weight is 863 g/mol. The van der Waals surface area contributed by atoms with E-state index in [1.807, 2.05) is 0 Å². The monoisotopic (exact) mass is 862 g/mol. The normalized spacial score (nSPS) is 16.9. The third-order valence-electron chi connectivity index (χ3n) is 11.1.